The van der Waals surface area contributed by atoms with E-state index in [4.69, 9.17) is 9.47 Å². The van der Waals surface area contributed by atoms with E-state index in [9.17, 15) is 5.11 Å². The van der Waals surface area contributed by atoms with Crippen LogP contribution < -0.4 is 0 Å². The Hall–Kier alpha value is -0.120. The molecule has 0 aromatic carbocycles. The number of aliphatic hydroxyl groups is 1. The summed E-state index contributed by atoms with van der Waals surface area (Å²) in [5.74, 6) is 0. The first-order valence-corrected chi connectivity index (χ1v) is 6.79. The molecule has 1 fully saturated rings. The number of ether oxygens (including phenoxy) is 2. The Morgan fingerprint density at radius 3 is 2.18 bits per heavy atom. The Balaban J connectivity index is 2.29. The van der Waals surface area contributed by atoms with Crippen molar-refractivity contribution in [1.82, 2.24) is 0 Å². The van der Waals surface area contributed by atoms with Gasteiger partial charge in [-0.15, -0.1) is 0 Å². The Bertz CT molecular complexity index is 228. The summed E-state index contributed by atoms with van der Waals surface area (Å²) in [5.41, 5.74) is -0.114. The molecule has 1 saturated carbocycles. The van der Waals surface area contributed by atoms with E-state index in [1.54, 1.807) is 0 Å². The molecule has 0 aromatic heterocycles. The lowest BCUT2D eigenvalue weighted by atomic mass is 9.60. The van der Waals surface area contributed by atoms with Crippen molar-refractivity contribution >= 4 is 0 Å². The highest BCUT2D eigenvalue weighted by Gasteiger charge is 2.52. The van der Waals surface area contributed by atoms with Crippen LogP contribution in [-0.4, -0.2) is 36.1 Å². The molecule has 102 valence electrons. The molecule has 1 aliphatic rings. The van der Waals surface area contributed by atoms with Gasteiger partial charge in [0.05, 0.1) is 31.0 Å². The van der Waals surface area contributed by atoms with Crippen molar-refractivity contribution in [2.75, 3.05) is 13.2 Å². The van der Waals surface area contributed by atoms with Crippen LogP contribution in [0.5, 0.6) is 0 Å². The minimum Gasteiger partial charge on any atom is -0.392 e. The SMILES string of the molecule is CCC1(CC)C(O)CC1OCCOC(C)(C)C. The predicted molar refractivity (Wildman–Crippen MR) is 69.1 cm³/mol. The van der Waals surface area contributed by atoms with Gasteiger partial charge in [0.2, 0.25) is 0 Å². The second kappa shape index (κ2) is 5.68. The van der Waals surface area contributed by atoms with Crippen LogP contribution in [0.1, 0.15) is 53.9 Å². The summed E-state index contributed by atoms with van der Waals surface area (Å²) in [6.07, 6.45) is 2.75. The molecule has 0 heterocycles. The molecule has 0 radical (unpaired) electrons. The van der Waals surface area contributed by atoms with Crippen LogP contribution in [0.2, 0.25) is 0 Å². The summed E-state index contributed by atoms with van der Waals surface area (Å²) in [7, 11) is 0. The second-order valence-corrected chi connectivity index (χ2v) is 6.01. The lowest BCUT2D eigenvalue weighted by Gasteiger charge is -2.52. The molecule has 0 aromatic rings. The van der Waals surface area contributed by atoms with Crippen LogP contribution in [0, 0.1) is 5.41 Å². The molecular formula is C14H28O3. The van der Waals surface area contributed by atoms with Crippen molar-refractivity contribution in [3.8, 4) is 0 Å². The zero-order valence-electron chi connectivity index (χ0n) is 12.0. The molecule has 0 bridgehead atoms. The monoisotopic (exact) mass is 244 g/mol. The van der Waals surface area contributed by atoms with Gasteiger partial charge in [-0.05, 0) is 33.6 Å². The first-order valence-electron chi connectivity index (χ1n) is 6.79. The Morgan fingerprint density at radius 2 is 1.76 bits per heavy atom. The number of aliphatic hydroxyl groups excluding tert-OH is 1. The van der Waals surface area contributed by atoms with Crippen LogP contribution in [0.15, 0.2) is 0 Å². The van der Waals surface area contributed by atoms with Gasteiger partial charge < -0.3 is 14.6 Å². The first-order chi connectivity index (χ1) is 7.85. The van der Waals surface area contributed by atoms with Crippen molar-refractivity contribution in [2.24, 2.45) is 5.41 Å². The molecule has 2 unspecified atom stereocenters. The van der Waals surface area contributed by atoms with Gasteiger partial charge in [0, 0.05) is 11.8 Å². The van der Waals surface area contributed by atoms with Gasteiger partial charge in [0.25, 0.3) is 0 Å². The maximum atomic E-state index is 9.90. The summed E-state index contributed by atoms with van der Waals surface area (Å²) in [4.78, 5) is 0. The number of rotatable bonds is 6. The third-order valence-corrected chi connectivity index (χ3v) is 4.00. The van der Waals surface area contributed by atoms with Crippen LogP contribution >= 0.6 is 0 Å². The maximum absolute atomic E-state index is 9.90. The van der Waals surface area contributed by atoms with Crippen LogP contribution in [0.4, 0.5) is 0 Å². The van der Waals surface area contributed by atoms with Crippen molar-refractivity contribution < 1.29 is 14.6 Å². The lowest BCUT2D eigenvalue weighted by molar-refractivity contribution is -0.202. The zero-order valence-corrected chi connectivity index (χ0v) is 12.0. The highest BCUT2D eigenvalue weighted by molar-refractivity contribution is 5.02. The fourth-order valence-corrected chi connectivity index (χ4v) is 2.68. The van der Waals surface area contributed by atoms with Gasteiger partial charge in [-0.25, -0.2) is 0 Å². The maximum Gasteiger partial charge on any atom is 0.0707 e. The van der Waals surface area contributed by atoms with E-state index in [0.29, 0.717) is 13.2 Å². The van der Waals surface area contributed by atoms with E-state index < -0.39 is 0 Å². The second-order valence-electron chi connectivity index (χ2n) is 6.01. The predicted octanol–water partition coefficient (Wildman–Crippen LogP) is 2.76. The van der Waals surface area contributed by atoms with Crippen molar-refractivity contribution in [1.29, 1.82) is 0 Å². The van der Waals surface area contributed by atoms with E-state index in [1.807, 2.05) is 20.8 Å². The van der Waals surface area contributed by atoms with Crippen LogP contribution in [0.3, 0.4) is 0 Å². The lowest BCUT2D eigenvalue weighted by Crippen LogP contribution is -2.57. The quantitative estimate of drug-likeness (QED) is 0.730. The molecule has 17 heavy (non-hydrogen) atoms. The molecule has 1 aliphatic carbocycles. The fraction of sp³-hybridized carbons (Fsp3) is 1.00. The van der Waals surface area contributed by atoms with E-state index in [2.05, 4.69) is 13.8 Å². The van der Waals surface area contributed by atoms with Gasteiger partial charge in [-0.3, -0.25) is 0 Å². The molecule has 0 aliphatic heterocycles. The molecule has 3 nitrogen and oxygen atoms in total. The summed E-state index contributed by atoms with van der Waals surface area (Å²) >= 11 is 0. The van der Waals surface area contributed by atoms with Crippen molar-refractivity contribution in [2.45, 2.75) is 71.7 Å². The summed E-state index contributed by atoms with van der Waals surface area (Å²) in [6, 6.07) is 0. The molecule has 1 rings (SSSR count). The van der Waals surface area contributed by atoms with Crippen molar-refractivity contribution in [3.05, 3.63) is 0 Å². The van der Waals surface area contributed by atoms with Crippen molar-refractivity contribution in [3.63, 3.8) is 0 Å². The zero-order chi connectivity index (χ0) is 13.1. The molecule has 0 amide bonds. The normalized spacial score (nSPS) is 27.9. The standard InChI is InChI=1S/C14H28O3/c1-6-14(7-2)11(15)10-12(14)16-8-9-17-13(3,4)5/h11-12,15H,6-10H2,1-5H3. The number of hydrogen-bond donors (Lipinski definition) is 1. The topological polar surface area (TPSA) is 38.7 Å². The van der Waals surface area contributed by atoms with Crippen LogP contribution in [0.25, 0.3) is 0 Å². The minimum atomic E-state index is -0.189. The number of hydrogen-bond acceptors (Lipinski definition) is 3. The highest BCUT2D eigenvalue weighted by atomic mass is 16.5. The molecule has 1 N–H and O–H groups in total. The molecular weight excluding hydrogens is 216 g/mol. The largest absolute Gasteiger partial charge is 0.392 e. The van der Waals surface area contributed by atoms with Gasteiger partial charge in [-0.1, -0.05) is 13.8 Å². The van der Waals surface area contributed by atoms with Gasteiger partial charge in [0.1, 0.15) is 0 Å². The Kier molecular flexibility index (Phi) is 4.99. The molecule has 0 saturated heterocycles. The molecule has 3 heteroatoms. The van der Waals surface area contributed by atoms with Gasteiger partial charge >= 0.3 is 0 Å². The smallest absolute Gasteiger partial charge is 0.0707 e. The highest BCUT2D eigenvalue weighted by Crippen LogP contribution is 2.48. The summed E-state index contributed by atoms with van der Waals surface area (Å²) < 4.78 is 11.5. The first kappa shape index (κ1) is 14.9. The fourth-order valence-electron chi connectivity index (χ4n) is 2.68. The Labute approximate surface area is 105 Å². The molecule has 2 atom stereocenters. The van der Waals surface area contributed by atoms with E-state index in [0.717, 1.165) is 19.3 Å². The molecule has 0 spiro atoms. The summed E-state index contributed by atoms with van der Waals surface area (Å²) in [5, 5.41) is 9.90. The van der Waals surface area contributed by atoms with Gasteiger partial charge in [0.15, 0.2) is 0 Å². The van der Waals surface area contributed by atoms with E-state index in [1.165, 1.54) is 0 Å². The van der Waals surface area contributed by atoms with E-state index in [-0.39, 0.29) is 23.2 Å². The van der Waals surface area contributed by atoms with Gasteiger partial charge in [-0.2, -0.15) is 0 Å². The third-order valence-electron chi connectivity index (χ3n) is 4.00. The minimum absolute atomic E-state index is 0.0122. The third kappa shape index (κ3) is 3.43. The average molecular weight is 244 g/mol. The Morgan fingerprint density at radius 1 is 1.18 bits per heavy atom. The summed E-state index contributed by atoms with van der Waals surface area (Å²) in [6.45, 7) is 11.6. The van der Waals surface area contributed by atoms with Crippen LogP contribution in [-0.2, 0) is 9.47 Å². The average Bonchev–Trinajstić information content (AvgIpc) is 2.23. The van der Waals surface area contributed by atoms with E-state index >= 15 is 0 Å².